The number of ether oxygens (including phenoxy) is 1. The highest BCUT2D eigenvalue weighted by Crippen LogP contribution is 2.38. The third-order valence-corrected chi connectivity index (χ3v) is 3.69. The van der Waals surface area contributed by atoms with Gasteiger partial charge in [-0.05, 0) is 29.9 Å². The molecule has 0 unspecified atom stereocenters. The Labute approximate surface area is 126 Å². The third-order valence-electron chi connectivity index (χ3n) is 3.69. The second kappa shape index (κ2) is 6.52. The number of rotatable bonds is 3. The minimum Gasteiger partial charge on any atom is -0.457 e. The van der Waals surface area contributed by atoms with Crippen molar-refractivity contribution in [3.63, 3.8) is 0 Å². The summed E-state index contributed by atoms with van der Waals surface area (Å²) in [7, 11) is 0. The van der Waals surface area contributed by atoms with Crippen LogP contribution in [0.4, 0.5) is 13.2 Å². The van der Waals surface area contributed by atoms with E-state index < -0.39 is 23.8 Å². The summed E-state index contributed by atoms with van der Waals surface area (Å²) in [6.45, 7) is 1.62. The van der Waals surface area contributed by atoms with Crippen molar-refractivity contribution in [2.75, 3.05) is 0 Å². The van der Waals surface area contributed by atoms with Crippen molar-refractivity contribution in [1.29, 1.82) is 0 Å². The highest BCUT2D eigenvalue weighted by molar-refractivity contribution is 5.91. The maximum absolute atomic E-state index is 13.2. The lowest BCUT2D eigenvalue weighted by molar-refractivity contribution is -0.152. The van der Waals surface area contributed by atoms with E-state index in [1.807, 2.05) is 6.92 Å². The van der Waals surface area contributed by atoms with E-state index in [0.29, 0.717) is 12.0 Å². The summed E-state index contributed by atoms with van der Waals surface area (Å²) in [6.07, 6.45) is -4.14. The van der Waals surface area contributed by atoms with Gasteiger partial charge in [-0.3, -0.25) is 0 Å². The first-order chi connectivity index (χ1) is 10.3. The minimum absolute atomic E-state index is 0.0317. The van der Waals surface area contributed by atoms with Crippen LogP contribution in [-0.4, -0.2) is 18.2 Å². The van der Waals surface area contributed by atoms with Crippen molar-refractivity contribution in [2.45, 2.75) is 38.6 Å². The van der Waals surface area contributed by atoms with Gasteiger partial charge in [0, 0.05) is 6.04 Å². The summed E-state index contributed by atoms with van der Waals surface area (Å²) in [4.78, 5) is 11.9. The fourth-order valence-corrected chi connectivity index (χ4v) is 2.70. The molecule has 0 spiro atoms. The SMILES string of the molecule is C[C@H]1C/C(=C(/C(=O)OCc2ccccc2)C(F)(F)F)[C@@H](N)C1. The average molecular weight is 313 g/mol. The first-order valence-electron chi connectivity index (χ1n) is 7.06. The van der Waals surface area contributed by atoms with E-state index in [1.54, 1.807) is 30.3 Å². The first-order valence-corrected chi connectivity index (χ1v) is 7.06. The molecular formula is C16H18F3NO2. The van der Waals surface area contributed by atoms with Crippen LogP contribution in [0, 0.1) is 5.92 Å². The molecule has 2 N–H and O–H groups in total. The molecule has 0 saturated heterocycles. The van der Waals surface area contributed by atoms with Crippen LogP contribution in [0.15, 0.2) is 41.5 Å². The van der Waals surface area contributed by atoms with Crippen LogP contribution >= 0.6 is 0 Å². The second-order valence-corrected chi connectivity index (χ2v) is 5.61. The predicted octanol–water partition coefficient (Wildman–Crippen LogP) is 3.35. The van der Waals surface area contributed by atoms with Gasteiger partial charge in [0.05, 0.1) is 0 Å². The number of halogens is 3. The average Bonchev–Trinajstić information content (AvgIpc) is 2.75. The molecule has 0 amide bonds. The van der Waals surface area contributed by atoms with Crippen LogP contribution in [0.3, 0.4) is 0 Å². The molecule has 1 saturated carbocycles. The van der Waals surface area contributed by atoms with E-state index in [1.165, 1.54) is 0 Å². The molecule has 6 heteroatoms. The van der Waals surface area contributed by atoms with Gasteiger partial charge in [-0.1, -0.05) is 37.3 Å². The van der Waals surface area contributed by atoms with E-state index in [-0.39, 0.29) is 24.5 Å². The lowest BCUT2D eigenvalue weighted by Crippen LogP contribution is -2.29. The number of nitrogens with two attached hydrogens (primary N) is 1. The molecule has 1 aliphatic rings. The van der Waals surface area contributed by atoms with Crippen LogP contribution in [0.1, 0.15) is 25.3 Å². The highest BCUT2D eigenvalue weighted by atomic mass is 19.4. The Morgan fingerprint density at radius 2 is 1.95 bits per heavy atom. The van der Waals surface area contributed by atoms with Crippen molar-refractivity contribution in [3.05, 3.63) is 47.0 Å². The summed E-state index contributed by atoms with van der Waals surface area (Å²) < 4.78 is 44.5. The van der Waals surface area contributed by atoms with Gasteiger partial charge >= 0.3 is 12.1 Å². The minimum atomic E-state index is -4.76. The maximum Gasteiger partial charge on any atom is 0.423 e. The standard InChI is InChI=1S/C16H18F3NO2/c1-10-7-12(13(20)8-10)14(16(17,18)19)15(21)22-9-11-5-3-2-4-6-11/h2-6,10,13H,7-9,20H2,1H3/b14-12+/t10-,13-/m0/s1. The van der Waals surface area contributed by atoms with Crippen molar-refractivity contribution in [2.24, 2.45) is 11.7 Å². The van der Waals surface area contributed by atoms with Gasteiger partial charge in [0.25, 0.3) is 0 Å². The van der Waals surface area contributed by atoms with Gasteiger partial charge in [0.2, 0.25) is 0 Å². The summed E-state index contributed by atoms with van der Waals surface area (Å²) in [5, 5.41) is 0. The maximum atomic E-state index is 13.2. The lowest BCUT2D eigenvalue weighted by atomic mass is 10.0. The molecule has 0 aliphatic heterocycles. The molecule has 1 aliphatic carbocycles. The van der Waals surface area contributed by atoms with Crippen LogP contribution < -0.4 is 5.73 Å². The Bertz CT molecular complexity index is 567. The smallest absolute Gasteiger partial charge is 0.423 e. The molecule has 1 fully saturated rings. The van der Waals surface area contributed by atoms with Gasteiger partial charge in [-0.25, -0.2) is 4.79 Å². The van der Waals surface area contributed by atoms with E-state index in [2.05, 4.69) is 0 Å². The van der Waals surface area contributed by atoms with E-state index in [0.717, 1.165) is 0 Å². The number of alkyl halides is 3. The van der Waals surface area contributed by atoms with Crippen LogP contribution in [0.2, 0.25) is 0 Å². The molecule has 2 rings (SSSR count). The van der Waals surface area contributed by atoms with E-state index in [9.17, 15) is 18.0 Å². The van der Waals surface area contributed by atoms with Gasteiger partial charge in [-0.2, -0.15) is 13.2 Å². The van der Waals surface area contributed by atoms with Crippen LogP contribution in [-0.2, 0) is 16.1 Å². The molecule has 0 heterocycles. The number of benzene rings is 1. The Hall–Kier alpha value is -1.82. The number of esters is 1. The Morgan fingerprint density at radius 1 is 1.32 bits per heavy atom. The third kappa shape index (κ3) is 3.88. The summed E-state index contributed by atoms with van der Waals surface area (Å²) in [5.41, 5.74) is 5.10. The quantitative estimate of drug-likeness (QED) is 0.688. The van der Waals surface area contributed by atoms with Crippen molar-refractivity contribution in [1.82, 2.24) is 0 Å². The Morgan fingerprint density at radius 3 is 2.45 bits per heavy atom. The van der Waals surface area contributed by atoms with Crippen LogP contribution in [0.25, 0.3) is 0 Å². The molecule has 22 heavy (non-hydrogen) atoms. The number of hydrogen-bond donors (Lipinski definition) is 1. The normalized spacial score (nSPS) is 24.2. The largest absolute Gasteiger partial charge is 0.457 e. The number of carbonyl (C=O) groups is 1. The fourth-order valence-electron chi connectivity index (χ4n) is 2.70. The molecule has 1 aromatic carbocycles. The first kappa shape index (κ1) is 16.5. The summed E-state index contributed by atoms with van der Waals surface area (Å²) in [6, 6.07) is 7.83. The predicted molar refractivity (Wildman–Crippen MR) is 75.7 cm³/mol. The molecule has 3 nitrogen and oxygen atoms in total. The topological polar surface area (TPSA) is 52.3 Å². The van der Waals surface area contributed by atoms with Gasteiger partial charge < -0.3 is 10.5 Å². The molecule has 2 atom stereocenters. The zero-order chi connectivity index (χ0) is 16.3. The van der Waals surface area contributed by atoms with Crippen molar-refractivity contribution in [3.8, 4) is 0 Å². The van der Waals surface area contributed by atoms with E-state index >= 15 is 0 Å². The zero-order valence-electron chi connectivity index (χ0n) is 12.2. The molecule has 120 valence electrons. The Kier molecular flexibility index (Phi) is 4.90. The monoisotopic (exact) mass is 313 g/mol. The molecule has 0 radical (unpaired) electrons. The molecular weight excluding hydrogens is 295 g/mol. The lowest BCUT2D eigenvalue weighted by Gasteiger charge is -2.16. The second-order valence-electron chi connectivity index (χ2n) is 5.61. The summed E-state index contributed by atoms with van der Waals surface area (Å²) in [5.74, 6) is -1.32. The highest BCUT2D eigenvalue weighted by Gasteiger charge is 2.45. The van der Waals surface area contributed by atoms with Crippen molar-refractivity contribution < 1.29 is 22.7 Å². The van der Waals surface area contributed by atoms with Gasteiger partial charge in [-0.15, -0.1) is 0 Å². The van der Waals surface area contributed by atoms with E-state index in [4.69, 9.17) is 10.5 Å². The molecule has 1 aromatic rings. The number of hydrogen-bond acceptors (Lipinski definition) is 3. The van der Waals surface area contributed by atoms with Crippen molar-refractivity contribution >= 4 is 5.97 Å². The van der Waals surface area contributed by atoms with Gasteiger partial charge in [0.1, 0.15) is 12.2 Å². The Balaban J connectivity index is 2.20. The molecule has 0 bridgehead atoms. The fraction of sp³-hybridized carbons (Fsp3) is 0.438. The zero-order valence-corrected chi connectivity index (χ0v) is 12.2. The molecule has 0 aromatic heterocycles. The summed E-state index contributed by atoms with van der Waals surface area (Å²) >= 11 is 0. The van der Waals surface area contributed by atoms with Crippen LogP contribution in [0.5, 0.6) is 0 Å². The number of carbonyl (C=O) groups excluding carboxylic acids is 1. The van der Waals surface area contributed by atoms with Gasteiger partial charge in [0.15, 0.2) is 0 Å².